The Balaban J connectivity index is 1.37. The van der Waals surface area contributed by atoms with Crippen LogP contribution in [0.3, 0.4) is 0 Å². The molecule has 1 saturated heterocycles. The van der Waals surface area contributed by atoms with Crippen LogP contribution in [0.15, 0.2) is 58.1 Å². The molecule has 0 N–H and O–H groups in total. The Hall–Kier alpha value is -3.19. The van der Waals surface area contributed by atoms with E-state index in [0.29, 0.717) is 19.0 Å². The highest BCUT2D eigenvalue weighted by molar-refractivity contribution is 5.27. The van der Waals surface area contributed by atoms with Crippen LogP contribution in [0.5, 0.6) is 5.75 Å². The summed E-state index contributed by atoms with van der Waals surface area (Å²) in [5, 5.41) is 4.66. The van der Waals surface area contributed by atoms with E-state index in [4.69, 9.17) is 4.74 Å². The standard InChI is InChI=1S/C24H26N4O3/c1-16-3-5-18(6-4-16)12-28-24(30)23(29)27-14-19-13-26(15-21(19)22(27)25-28)11-17-7-9-20(31-2)10-8-17/h3-10,19,21H,11-15H2,1-2H3/t19-,21-/m0/s1. The molecule has 0 amide bonds. The quantitative estimate of drug-likeness (QED) is 0.593. The predicted molar refractivity (Wildman–Crippen MR) is 118 cm³/mol. The van der Waals surface area contributed by atoms with Gasteiger partial charge >= 0.3 is 11.1 Å². The highest BCUT2D eigenvalue weighted by Gasteiger charge is 2.42. The van der Waals surface area contributed by atoms with Gasteiger partial charge in [-0.15, -0.1) is 0 Å². The number of likely N-dealkylation sites (tertiary alicyclic amines) is 1. The van der Waals surface area contributed by atoms with Crippen molar-refractivity contribution in [3.63, 3.8) is 0 Å². The lowest BCUT2D eigenvalue weighted by Crippen LogP contribution is -2.44. The number of methoxy groups -OCH3 is 1. The van der Waals surface area contributed by atoms with Crippen molar-refractivity contribution in [3.05, 3.63) is 91.8 Å². The third-order valence-electron chi connectivity index (χ3n) is 6.45. The maximum Gasteiger partial charge on any atom is 0.332 e. The zero-order valence-corrected chi connectivity index (χ0v) is 17.8. The number of benzene rings is 2. The number of nitrogens with zero attached hydrogens (tertiary/aromatic N) is 4. The number of aryl methyl sites for hydroxylation is 1. The Kier molecular flexibility index (Phi) is 4.98. The summed E-state index contributed by atoms with van der Waals surface area (Å²) in [5.41, 5.74) is 2.36. The minimum absolute atomic E-state index is 0.177. The molecule has 0 unspecified atom stereocenters. The number of rotatable bonds is 5. The number of hydrogen-bond acceptors (Lipinski definition) is 5. The van der Waals surface area contributed by atoms with Crippen LogP contribution >= 0.6 is 0 Å². The summed E-state index contributed by atoms with van der Waals surface area (Å²) < 4.78 is 8.18. The van der Waals surface area contributed by atoms with Crippen LogP contribution in [0.2, 0.25) is 0 Å². The Morgan fingerprint density at radius 3 is 2.29 bits per heavy atom. The third-order valence-corrected chi connectivity index (χ3v) is 6.45. The van der Waals surface area contributed by atoms with E-state index in [1.54, 1.807) is 11.7 Å². The summed E-state index contributed by atoms with van der Waals surface area (Å²) in [5.74, 6) is 2.09. The summed E-state index contributed by atoms with van der Waals surface area (Å²) in [6.07, 6.45) is 0. The molecule has 2 aliphatic rings. The van der Waals surface area contributed by atoms with Crippen molar-refractivity contribution in [1.29, 1.82) is 0 Å². The average Bonchev–Trinajstić information content (AvgIpc) is 3.32. The summed E-state index contributed by atoms with van der Waals surface area (Å²) in [6.45, 7) is 5.50. The van der Waals surface area contributed by atoms with Crippen LogP contribution < -0.4 is 15.9 Å². The van der Waals surface area contributed by atoms with Crippen molar-refractivity contribution in [2.45, 2.75) is 32.5 Å². The fourth-order valence-electron chi connectivity index (χ4n) is 4.77. The first-order chi connectivity index (χ1) is 15.0. The smallest absolute Gasteiger partial charge is 0.332 e. The van der Waals surface area contributed by atoms with Gasteiger partial charge in [-0.25, -0.2) is 4.68 Å². The Labute approximate surface area is 180 Å². The van der Waals surface area contributed by atoms with E-state index in [2.05, 4.69) is 22.1 Å². The maximum absolute atomic E-state index is 12.8. The normalized spacial score (nSPS) is 19.9. The molecule has 0 radical (unpaired) electrons. The van der Waals surface area contributed by atoms with E-state index in [1.807, 2.05) is 43.3 Å². The monoisotopic (exact) mass is 418 g/mol. The number of aromatic nitrogens is 3. The molecule has 3 aromatic rings. The number of hydrogen-bond donors (Lipinski definition) is 0. The van der Waals surface area contributed by atoms with E-state index in [9.17, 15) is 9.59 Å². The van der Waals surface area contributed by atoms with Gasteiger partial charge in [0.1, 0.15) is 11.6 Å². The largest absolute Gasteiger partial charge is 0.497 e. The van der Waals surface area contributed by atoms with E-state index >= 15 is 0 Å². The first kappa shape index (κ1) is 19.8. The zero-order chi connectivity index (χ0) is 21.5. The molecule has 1 aromatic heterocycles. The van der Waals surface area contributed by atoms with Gasteiger partial charge in [0.25, 0.3) is 0 Å². The molecule has 3 heterocycles. The van der Waals surface area contributed by atoms with Crippen LogP contribution in [0, 0.1) is 12.8 Å². The van der Waals surface area contributed by atoms with Crippen molar-refractivity contribution in [3.8, 4) is 5.75 Å². The summed E-state index contributed by atoms with van der Waals surface area (Å²) >= 11 is 0. The molecule has 2 aliphatic heterocycles. The van der Waals surface area contributed by atoms with E-state index in [1.165, 1.54) is 10.2 Å². The second kappa shape index (κ2) is 7.81. The molecule has 2 atom stereocenters. The molecule has 160 valence electrons. The molecular formula is C24H26N4O3. The van der Waals surface area contributed by atoms with Gasteiger partial charge in [0.2, 0.25) is 0 Å². The molecule has 31 heavy (non-hydrogen) atoms. The van der Waals surface area contributed by atoms with E-state index in [0.717, 1.165) is 42.3 Å². The lowest BCUT2D eigenvalue weighted by atomic mass is 10.00. The summed E-state index contributed by atoms with van der Waals surface area (Å²) in [7, 11) is 1.67. The molecule has 0 saturated carbocycles. The third kappa shape index (κ3) is 3.70. The molecule has 5 rings (SSSR count). The maximum atomic E-state index is 12.8. The molecule has 1 fully saturated rings. The molecule has 2 aromatic carbocycles. The lowest BCUT2D eigenvalue weighted by Gasteiger charge is -2.18. The average molecular weight is 418 g/mol. The first-order valence-corrected chi connectivity index (χ1v) is 10.6. The second-order valence-electron chi connectivity index (χ2n) is 8.63. The highest BCUT2D eigenvalue weighted by Crippen LogP contribution is 2.37. The van der Waals surface area contributed by atoms with Crippen molar-refractivity contribution in [1.82, 2.24) is 19.2 Å². The van der Waals surface area contributed by atoms with E-state index in [-0.39, 0.29) is 5.92 Å². The topological polar surface area (TPSA) is 69.4 Å². The van der Waals surface area contributed by atoms with Gasteiger partial charge in [-0.1, -0.05) is 42.0 Å². The van der Waals surface area contributed by atoms with Gasteiger partial charge in [-0.05, 0) is 30.2 Å². The minimum Gasteiger partial charge on any atom is -0.497 e. The zero-order valence-electron chi connectivity index (χ0n) is 17.8. The van der Waals surface area contributed by atoms with Crippen LogP contribution in [0.1, 0.15) is 28.4 Å². The van der Waals surface area contributed by atoms with Gasteiger partial charge in [-0.3, -0.25) is 19.1 Å². The van der Waals surface area contributed by atoms with Crippen LogP contribution in [0.4, 0.5) is 0 Å². The summed E-state index contributed by atoms with van der Waals surface area (Å²) in [4.78, 5) is 27.8. The molecule has 0 bridgehead atoms. The van der Waals surface area contributed by atoms with Crippen molar-refractivity contribution >= 4 is 0 Å². The fourth-order valence-corrected chi connectivity index (χ4v) is 4.77. The Morgan fingerprint density at radius 1 is 0.903 bits per heavy atom. The second-order valence-corrected chi connectivity index (χ2v) is 8.63. The van der Waals surface area contributed by atoms with Gasteiger partial charge in [0.05, 0.1) is 13.7 Å². The lowest BCUT2D eigenvalue weighted by molar-refractivity contribution is 0.303. The van der Waals surface area contributed by atoms with Crippen molar-refractivity contribution < 1.29 is 4.74 Å². The molecule has 0 aliphatic carbocycles. The minimum atomic E-state index is -0.542. The van der Waals surface area contributed by atoms with Crippen LogP contribution in [-0.2, 0) is 19.6 Å². The fraction of sp³-hybridized carbons (Fsp3) is 0.375. The Bertz CT molecular complexity index is 1210. The highest BCUT2D eigenvalue weighted by atomic mass is 16.5. The van der Waals surface area contributed by atoms with Gasteiger partial charge < -0.3 is 4.74 Å². The van der Waals surface area contributed by atoms with Gasteiger partial charge in [-0.2, -0.15) is 5.10 Å². The molecule has 7 heteroatoms. The molecule has 7 nitrogen and oxygen atoms in total. The predicted octanol–water partition coefficient (Wildman–Crippen LogP) is 2.00. The SMILES string of the molecule is COc1ccc(CN2C[C@H]3Cn4c(nn(Cc5ccc(C)cc5)c(=O)c4=O)[C@H]3C2)cc1. The summed E-state index contributed by atoms with van der Waals surface area (Å²) in [6, 6.07) is 16.1. The van der Waals surface area contributed by atoms with Crippen LogP contribution in [-0.4, -0.2) is 39.4 Å². The van der Waals surface area contributed by atoms with Gasteiger partial charge in [0.15, 0.2) is 0 Å². The molecular weight excluding hydrogens is 392 g/mol. The number of fused-ring (bicyclic) bond motifs is 3. The first-order valence-electron chi connectivity index (χ1n) is 10.6. The van der Waals surface area contributed by atoms with Crippen molar-refractivity contribution in [2.75, 3.05) is 20.2 Å². The van der Waals surface area contributed by atoms with Crippen molar-refractivity contribution in [2.24, 2.45) is 5.92 Å². The Morgan fingerprint density at radius 2 is 1.58 bits per heavy atom. The van der Waals surface area contributed by atoms with Crippen LogP contribution in [0.25, 0.3) is 0 Å². The van der Waals surface area contributed by atoms with Gasteiger partial charge in [0, 0.05) is 38.0 Å². The van der Waals surface area contributed by atoms with E-state index < -0.39 is 11.1 Å². The molecule has 0 spiro atoms. The number of ether oxygens (including phenoxy) is 1.